The molecule has 2 saturated heterocycles. The molecule has 5 nitrogen and oxygen atoms in total. The zero-order valence-corrected chi connectivity index (χ0v) is 13.5. The predicted molar refractivity (Wildman–Crippen MR) is 86.2 cm³/mol. The van der Waals surface area contributed by atoms with Crippen molar-refractivity contribution in [3.63, 3.8) is 0 Å². The maximum atomic E-state index is 5.51. The largest absolute Gasteiger partial charge is 0.379 e. The highest BCUT2D eigenvalue weighted by atomic mass is 32.1. The van der Waals surface area contributed by atoms with Gasteiger partial charge in [0.05, 0.1) is 13.2 Å². The Kier molecular flexibility index (Phi) is 6.99. The van der Waals surface area contributed by atoms with E-state index in [1.54, 1.807) is 0 Å². The molecule has 2 rings (SSSR count). The van der Waals surface area contributed by atoms with Crippen molar-refractivity contribution in [2.45, 2.75) is 12.8 Å². The first-order valence-electron chi connectivity index (χ1n) is 7.77. The molecule has 0 aromatic rings. The fourth-order valence-electron chi connectivity index (χ4n) is 2.68. The standard InChI is InChI=1S/C14H28N4OS/c1-16-5-3-7-18(9-8-16)14(20)15-4-2-6-17-10-12-19-13-11-17/h2-13H2,1H3,(H,15,20). The fourth-order valence-corrected chi connectivity index (χ4v) is 2.97. The number of hydrogen-bond acceptors (Lipinski definition) is 4. The summed E-state index contributed by atoms with van der Waals surface area (Å²) in [6.07, 6.45) is 2.35. The molecule has 2 heterocycles. The summed E-state index contributed by atoms with van der Waals surface area (Å²) in [5.74, 6) is 0. The van der Waals surface area contributed by atoms with Gasteiger partial charge in [0.25, 0.3) is 0 Å². The molecular formula is C14H28N4OS. The Balaban J connectivity index is 1.57. The van der Waals surface area contributed by atoms with Gasteiger partial charge in [-0.25, -0.2) is 0 Å². The van der Waals surface area contributed by atoms with Crippen LogP contribution in [0.3, 0.4) is 0 Å². The number of rotatable bonds is 4. The number of likely N-dealkylation sites (N-methyl/N-ethyl adjacent to an activating group) is 1. The second kappa shape index (κ2) is 8.77. The van der Waals surface area contributed by atoms with Crippen molar-refractivity contribution in [3.8, 4) is 0 Å². The highest BCUT2D eigenvalue weighted by Crippen LogP contribution is 2.02. The summed E-state index contributed by atoms with van der Waals surface area (Å²) in [5.41, 5.74) is 0. The van der Waals surface area contributed by atoms with E-state index >= 15 is 0 Å². The van der Waals surface area contributed by atoms with Gasteiger partial charge in [0.2, 0.25) is 0 Å². The molecule has 0 aromatic carbocycles. The van der Waals surface area contributed by atoms with Gasteiger partial charge in [0, 0.05) is 39.3 Å². The fraction of sp³-hybridized carbons (Fsp3) is 0.929. The Morgan fingerprint density at radius 1 is 1.10 bits per heavy atom. The molecule has 6 heteroatoms. The van der Waals surface area contributed by atoms with Gasteiger partial charge in [0.15, 0.2) is 5.11 Å². The van der Waals surface area contributed by atoms with Gasteiger partial charge in [-0.05, 0) is 45.2 Å². The van der Waals surface area contributed by atoms with Crippen LogP contribution in [0, 0.1) is 0 Å². The molecule has 0 spiro atoms. The van der Waals surface area contributed by atoms with Crippen LogP contribution in [0.25, 0.3) is 0 Å². The van der Waals surface area contributed by atoms with Crippen LogP contribution in [-0.2, 0) is 4.74 Å². The molecule has 2 fully saturated rings. The quantitative estimate of drug-likeness (QED) is 0.590. The highest BCUT2D eigenvalue weighted by Gasteiger charge is 2.14. The smallest absolute Gasteiger partial charge is 0.168 e. The van der Waals surface area contributed by atoms with Crippen LogP contribution >= 0.6 is 12.2 Å². The van der Waals surface area contributed by atoms with Crippen molar-refractivity contribution >= 4 is 17.3 Å². The minimum atomic E-state index is 0.882. The first-order valence-corrected chi connectivity index (χ1v) is 8.18. The van der Waals surface area contributed by atoms with Crippen LogP contribution in [0.5, 0.6) is 0 Å². The third-order valence-corrected chi connectivity index (χ3v) is 4.44. The Morgan fingerprint density at radius 2 is 1.90 bits per heavy atom. The van der Waals surface area contributed by atoms with Crippen molar-refractivity contribution < 1.29 is 4.74 Å². The zero-order chi connectivity index (χ0) is 14.2. The molecule has 0 saturated carbocycles. The number of nitrogens with zero attached hydrogens (tertiary/aromatic N) is 3. The van der Waals surface area contributed by atoms with E-state index in [1.807, 2.05) is 0 Å². The molecule has 0 amide bonds. The van der Waals surface area contributed by atoms with Crippen molar-refractivity contribution in [2.24, 2.45) is 0 Å². The number of hydrogen-bond donors (Lipinski definition) is 1. The second-order valence-electron chi connectivity index (χ2n) is 5.68. The van der Waals surface area contributed by atoms with Crippen LogP contribution in [-0.4, -0.2) is 92.4 Å². The topological polar surface area (TPSA) is 31.0 Å². The zero-order valence-electron chi connectivity index (χ0n) is 12.6. The summed E-state index contributed by atoms with van der Waals surface area (Å²) in [6.45, 7) is 10.4. The van der Waals surface area contributed by atoms with Crippen LogP contribution in [0.15, 0.2) is 0 Å². The summed E-state index contributed by atoms with van der Waals surface area (Å²) < 4.78 is 5.36. The van der Waals surface area contributed by atoms with Crippen LogP contribution in [0.4, 0.5) is 0 Å². The average molecular weight is 300 g/mol. The normalized spacial score (nSPS) is 22.6. The predicted octanol–water partition coefficient (Wildman–Crippen LogP) is 0.221. The van der Waals surface area contributed by atoms with E-state index in [4.69, 9.17) is 17.0 Å². The molecule has 0 unspecified atom stereocenters. The minimum Gasteiger partial charge on any atom is -0.379 e. The van der Waals surface area contributed by atoms with Gasteiger partial charge in [0.1, 0.15) is 0 Å². The molecule has 1 N–H and O–H groups in total. The van der Waals surface area contributed by atoms with E-state index in [0.717, 1.165) is 70.6 Å². The molecule has 0 bridgehead atoms. The highest BCUT2D eigenvalue weighted by molar-refractivity contribution is 7.80. The van der Waals surface area contributed by atoms with Crippen molar-refractivity contribution in [1.29, 1.82) is 0 Å². The second-order valence-corrected chi connectivity index (χ2v) is 6.07. The molecule has 0 atom stereocenters. The van der Waals surface area contributed by atoms with E-state index in [-0.39, 0.29) is 0 Å². The van der Waals surface area contributed by atoms with Gasteiger partial charge in [-0.3, -0.25) is 4.90 Å². The average Bonchev–Trinajstić information content (AvgIpc) is 2.69. The lowest BCUT2D eigenvalue weighted by Gasteiger charge is -2.27. The number of morpholine rings is 1. The molecule has 0 radical (unpaired) electrons. The van der Waals surface area contributed by atoms with Crippen LogP contribution in [0.1, 0.15) is 12.8 Å². The monoisotopic (exact) mass is 300 g/mol. The summed E-state index contributed by atoms with van der Waals surface area (Å²) in [7, 11) is 2.18. The Bertz CT molecular complexity index is 297. The summed E-state index contributed by atoms with van der Waals surface area (Å²) >= 11 is 5.51. The van der Waals surface area contributed by atoms with Gasteiger partial charge >= 0.3 is 0 Å². The lowest BCUT2D eigenvalue weighted by atomic mass is 10.3. The molecule has 0 aliphatic carbocycles. The van der Waals surface area contributed by atoms with E-state index in [9.17, 15) is 0 Å². The first-order chi connectivity index (χ1) is 9.75. The molecule has 0 aromatic heterocycles. The van der Waals surface area contributed by atoms with Gasteiger partial charge in [-0.1, -0.05) is 0 Å². The molecule has 20 heavy (non-hydrogen) atoms. The third kappa shape index (κ3) is 5.52. The van der Waals surface area contributed by atoms with E-state index in [1.165, 1.54) is 13.0 Å². The van der Waals surface area contributed by atoms with Crippen molar-refractivity contribution in [2.75, 3.05) is 72.6 Å². The Hall–Kier alpha value is -0.430. The maximum absolute atomic E-state index is 5.51. The first kappa shape index (κ1) is 15.9. The molecule has 116 valence electrons. The summed E-state index contributed by atoms with van der Waals surface area (Å²) in [5, 5.41) is 4.35. The van der Waals surface area contributed by atoms with Gasteiger partial charge in [-0.2, -0.15) is 0 Å². The minimum absolute atomic E-state index is 0.882. The van der Waals surface area contributed by atoms with E-state index in [0.29, 0.717) is 0 Å². The Morgan fingerprint density at radius 3 is 2.70 bits per heavy atom. The van der Waals surface area contributed by atoms with Crippen LogP contribution in [0.2, 0.25) is 0 Å². The third-order valence-electron chi connectivity index (χ3n) is 4.04. The lowest BCUT2D eigenvalue weighted by Crippen LogP contribution is -2.43. The SMILES string of the molecule is CN1CCCN(C(=S)NCCCN2CCOCC2)CC1. The number of ether oxygens (including phenoxy) is 1. The van der Waals surface area contributed by atoms with Crippen LogP contribution < -0.4 is 5.32 Å². The molecule has 2 aliphatic rings. The number of thiocarbonyl (C=S) groups is 1. The van der Waals surface area contributed by atoms with Crippen molar-refractivity contribution in [1.82, 2.24) is 20.0 Å². The van der Waals surface area contributed by atoms with Gasteiger partial charge < -0.3 is 19.9 Å². The maximum Gasteiger partial charge on any atom is 0.168 e. The van der Waals surface area contributed by atoms with Crippen molar-refractivity contribution in [3.05, 3.63) is 0 Å². The number of nitrogens with one attached hydrogen (secondary N) is 1. The molecule has 2 aliphatic heterocycles. The Labute approximate surface area is 128 Å². The summed E-state index contributed by atoms with van der Waals surface area (Å²) in [4.78, 5) is 7.16. The van der Waals surface area contributed by atoms with E-state index in [2.05, 4.69) is 27.1 Å². The van der Waals surface area contributed by atoms with E-state index < -0.39 is 0 Å². The lowest BCUT2D eigenvalue weighted by molar-refractivity contribution is 0.0376. The molecular weight excluding hydrogens is 272 g/mol. The van der Waals surface area contributed by atoms with Gasteiger partial charge in [-0.15, -0.1) is 0 Å². The summed E-state index contributed by atoms with van der Waals surface area (Å²) in [6, 6.07) is 0.